The van der Waals surface area contributed by atoms with Crippen molar-refractivity contribution >= 4 is 38.5 Å². The molecule has 19 heavy (non-hydrogen) atoms. The van der Waals surface area contributed by atoms with Crippen LogP contribution in [-0.2, 0) is 19.6 Å². The van der Waals surface area contributed by atoms with Crippen LogP contribution in [0.5, 0.6) is 0 Å². The van der Waals surface area contributed by atoms with Crippen molar-refractivity contribution in [3.63, 3.8) is 0 Å². The van der Waals surface area contributed by atoms with Crippen molar-refractivity contribution in [1.29, 1.82) is 0 Å². The Morgan fingerprint density at radius 3 is 2.53 bits per heavy atom. The number of ether oxygens (including phenoxy) is 1. The number of methoxy groups -OCH3 is 1. The van der Waals surface area contributed by atoms with E-state index < -0.39 is 27.2 Å². The van der Waals surface area contributed by atoms with E-state index >= 15 is 0 Å². The molecular weight excluding hydrogens is 296 g/mol. The van der Waals surface area contributed by atoms with Crippen molar-refractivity contribution in [3.05, 3.63) is 11.3 Å². The number of anilines is 1. The number of carbonyl (C=O) groups is 2. The summed E-state index contributed by atoms with van der Waals surface area (Å²) in [6.45, 7) is 2.59. The number of aromatic carboxylic acids is 1. The Morgan fingerprint density at radius 1 is 1.47 bits per heavy atom. The van der Waals surface area contributed by atoms with Crippen molar-refractivity contribution < 1.29 is 27.9 Å². The maximum Gasteiger partial charge on any atom is 0.340 e. The van der Waals surface area contributed by atoms with Gasteiger partial charge in [0, 0.05) is 0 Å². The van der Waals surface area contributed by atoms with Crippen LogP contribution in [0.25, 0.3) is 0 Å². The molecular formula is C9H12N2O6S2. The Morgan fingerprint density at radius 2 is 2.05 bits per heavy atom. The number of nitrogens with zero attached hydrogens (tertiary/aromatic N) is 1. The largest absolute Gasteiger partial charge is 0.478 e. The third-order valence-corrected chi connectivity index (χ3v) is 4.91. The highest BCUT2D eigenvalue weighted by Crippen LogP contribution is 2.26. The molecule has 2 N–H and O–H groups in total. The zero-order chi connectivity index (χ0) is 14.8. The zero-order valence-corrected chi connectivity index (χ0v) is 12.0. The molecule has 1 rings (SSSR count). The lowest BCUT2D eigenvalue weighted by molar-refractivity contribution is -0.139. The number of aryl methyl sites for hydroxylation is 1. The second-order valence-electron chi connectivity index (χ2n) is 3.59. The van der Waals surface area contributed by atoms with E-state index in [-0.39, 0.29) is 16.3 Å². The molecule has 0 radical (unpaired) electrons. The minimum Gasteiger partial charge on any atom is -0.478 e. The number of carbonyl (C=O) groups excluding carboxylic acids is 1. The molecule has 0 spiro atoms. The Kier molecular flexibility index (Phi) is 4.48. The van der Waals surface area contributed by atoms with E-state index in [0.29, 0.717) is 11.5 Å². The lowest BCUT2D eigenvalue weighted by atomic mass is 10.2. The first-order valence-electron chi connectivity index (χ1n) is 4.99. The number of hydrogen-bond donors (Lipinski definition) is 2. The maximum absolute atomic E-state index is 11.9. The number of rotatable bonds is 5. The van der Waals surface area contributed by atoms with Crippen molar-refractivity contribution in [1.82, 2.24) is 4.37 Å². The third kappa shape index (κ3) is 3.20. The van der Waals surface area contributed by atoms with Gasteiger partial charge in [-0.1, -0.05) is 0 Å². The van der Waals surface area contributed by atoms with E-state index in [1.54, 1.807) is 0 Å². The molecule has 106 valence electrons. The van der Waals surface area contributed by atoms with E-state index in [1.807, 2.05) is 0 Å². The molecule has 1 unspecified atom stereocenters. The van der Waals surface area contributed by atoms with Crippen LogP contribution in [0.1, 0.15) is 23.0 Å². The standard InChI is InChI=1S/C9H12N2O6S2/c1-4-6(8(12)13)7(18-10-4)11-19(15,16)5(2)9(14)17-3/h5,11H,1-3H3,(H,12,13). The maximum atomic E-state index is 11.9. The van der Waals surface area contributed by atoms with Gasteiger partial charge in [-0.2, -0.15) is 4.37 Å². The second-order valence-corrected chi connectivity index (χ2v) is 6.36. The molecule has 1 atom stereocenters. The van der Waals surface area contributed by atoms with Crippen LogP contribution in [0.3, 0.4) is 0 Å². The summed E-state index contributed by atoms with van der Waals surface area (Å²) in [7, 11) is -3.02. The minimum atomic E-state index is -4.08. The minimum absolute atomic E-state index is 0.138. The number of aromatic nitrogens is 1. The summed E-state index contributed by atoms with van der Waals surface area (Å²) in [5.41, 5.74) is -0.0356. The molecule has 0 aromatic carbocycles. The van der Waals surface area contributed by atoms with E-state index in [9.17, 15) is 18.0 Å². The molecule has 1 heterocycles. The van der Waals surface area contributed by atoms with E-state index in [2.05, 4.69) is 13.8 Å². The number of nitrogens with one attached hydrogen (secondary N) is 1. The van der Waals surface area contributed by atoms with Gasteiger partial charge < -0.3 is 9.84 Å². The zero-order valence-electron chi connectivity index (χ0n) is 10.3. The molecule has 10 heteroatoms. The number of hydrogen-bond acceptors (Lipinski definition) is 7. The summed E-state index contributed by atoms with van der Waals surface area (Å²) < 4.78 is 33.9. The fraction of sp³-hybridized carbons (Fsp3) is 0.444. The summed E-state index contributed by atoms with van der Waals surface area (Å²) in [4.78, 5) is 22.2. The molecule has 0 amide bonds. The predicted octanol–water partition coefficient (Wildman–Crippen LogP) is 0.453. The summed E-state index contributed by atoms with van der Waals surface area (Å²) in [5, 5.41) is 7.37. The fourth-order valence-electron chi connectivity index (χ4n) is 1.20. The van der Waals surface area contributed by atoms with Gasteiger partial charge in [0.05, 0.1) is 12.8 Å². The molecule has 0 bridgehead atoms. The van der Waals surface area contributed by atoms with Crippen molar-refractivity contribution in [2.45, 2.75) is 19.1 Å². The lowest BCUT2D eigenvalue weighted by Crippen LogP contribution is -2.33. The highest BCUT2D eigenvalue weighted by Gasteiger charge is 2.31. The van der Waals surface area contributed by atoms with E-state index in [4.69, 9.17) is 5.11 Å². The van der Waals surface area contributed by atoms with Crippen LogP contribution in [-0.4, -0.2) is 42.2 Å². The van der Waals surface area contributed by atoms with Gasteiger partial charge in [0.15, 0.2) is 5.25 Å². The normalized spacial score (nSPS) is 12.8. The molecule has 0 aliphatic heterocycles. The first-order chi connectivity index (χ1) is 8.70. The van der Waals surface area contributed by atoms with Crippen LogP contribution < -0.4 is 4.72 Å². The lowest BCUT2D eigenvalue weighted by Gasteiger charge is -2.11. The van der Waals surface area contributed by atoms with Crippen molar-refractivity contribution in [3.8, 4) is 0 Å². The van der Waals surface area contributed by atoms with Gasteiger partial charge in [-0.15, -0.1) is 0 Å². The number of carboxylic acids is 1. The monoisotopic (exact) mass is 308 g/mol. The molecule has 0 fully saturated rings. The molecule has 0 saturated heterocycles. The summed E-state index contributed by atoms with van der Waals surface area (Å²) in [6, 6.07) is 0. The Labute approximate surface area is 113 Å². The summed E-state index contributed by atoms with van der Waals surface area (Å²) >= 11 is 0.695. The van der Waals surface area contributed by atoms with E-state index in [0.717, 1.165) is 14.0 Å². The van der Waals surface area contributed by atoms with Gasteiger partial charge in [0.25, 0.3) is 0 Å². The van der Waals surface area contributed by atoms with Gasteiger partial charge in [-0.25, -0.2) is 13.2 Å². The van der Waals surface area contributed by atoms with Gasteiger partial charge >= 0.3 is 11.9 Å². The van der Waals surface area contributed by atoms with Crippen LogP contribution >= 0.6 is 11.5 Å². The SMILES string of the molecule is COC(=O)C(C)S(=O)(=O)Nc1snc(C)c1C(=O)O. The average molecular weight is 308 g/mol. The topological polar surface area (TPSA) is 123 Å². The number of sulfonamides is 1. The Hall–Kier alpha value is -1.68. The summed E-state index contributed by atoms with van der Waals surface area (Å²) in [6.07, 6.45) is 0. The molecule has 8 nitrogen and oxygen atoms in total. The van der Waals surface area contributed by atoms with Gasteiger partial charge in [-0.05, 0) is 25.4 Å². The molecule has 1 aromatic rings. The van der Waals surface area contributed by atoms with Crippen LogP contribution in [0, 0.1) is 6.92 Å². The van der Waals surface area contributed by atoms with Crippen molar-refractivity contribution in [2.75, 3.05) is 11.8 Å². The van der Waals surface area contributed by atoms with Crippen LogP contribution in [0.2, 0.25) is 0 Å². The quantitative estimate of drug-likeness (QED) is 0.757. The third-order valence-electron chi connectivity index (χ3n) is 2.31. The molecule has 1 aromatic heterocycles. The number of carboxylic acid groups (broad SMARTS) is 1. The second kappa shape index (κ2) is 5.53. The highest BCUT2D eigenvalue weighted by atomic mass is 32.2. The average Bonchev–Trinajstić information content (AvgIpc) is 2.67. The predicted molar refractivity (Wildman–Crippen MR) is 67.8 cm³/mol. The van der Waals surface area contributed by atoms with Gasteiger partial charge in [0.2, 0.25) is 10.0 Å². The first kappa shape index (κ1) is 15.4. The first-order valence-corrected chi connectivity index (χ1v) is 7.31. The van der Waals surface area contributed by atoms with Gasteiger partial charge in [0.1, 0.15) is 10.6 Å². The Balaban J connectivity index is 3.09. The van der Waals surface area contributed by atoms with Crippen LogP contribution in [0.4, 0.5) is 5.00 Å². The molecule has 0 aliphatic rings. The van der Waals surface area contributed by atoms with Crippen LogP contribution in [0.15, 0.2) is 0 Å². The molecule has 0 aliphatic carbocycles. The van der Waals surface area contributed by atoms with E-state index in [1.165, 1.54) is 6.92 Å². The number of esters is 1. The van der Waals surface area contributed by atoms with Gasteiger partial charge in [-0.3, -0.25) is 9.52 Å². The van der Waals surface area contributed by atoms with Crippen molar-refractivity contribution in [2.24, 2.45) is 0 Å². The smallest absolute Gasteiger partial charge is 0.340 e. The molecule has 0 saturated carbocycles. The Bertz CT molecular complexity index is 606. The summed E-state index contributed by atoms with van der Waals surface area (Å²) in [5.74, 6) is -2.24. The fourth-order valence-corrected chi connectivity index (χ4v) is 3.23. The highest BCUT2D eigenvalue weighted by molar-refractivity contribution is 7.94.